The Labute approximate surface area is 162 Å². The molecule has 1 aliphatic rings. The van der Waals surface area contributed by atoms with Gasteiger partial charge in [-0.3, -0.25) is 4.79 Å². The molecular formula is C20H33N5O2. The summed E-state index contributed by atoms with van der Waals surface area (Å²) in [6.07, 6.45) is 1.13. The Bertz CT molecular complexity index is 633. The van der Waals surface area contributed by atoms with E-state index in [-0.39, 0.29) is 5.91 Å². The second-order valence-corrected chi connectivity index (χ2v) is 7.21. The molecule has 1 aromatic carbocycles. The van der Waals surface area contributed by atoms with E-state index >= 15 is 0 Å². The Morgan fingerprint density at radius 1 is 1.41 bits per heavy atom. The van der Waals surface area contributed by atoms with Crippen molar-refractivity contribution in [2.45, 2.75) is 19.9 Å². The number of anilines is 1. The predicted molar refractivity (Wildman–Crippen MR) is 110 cm³/mol. The smallest absolute Gasteiger partial charge is 0.238 e. The molecule has 2 N–H and O–H groups in total. The maximum atomic E-state index is 11.9. The highest BCUT2D eigenvalue weighted by atomic mass is 16.5. The minimum absolute atomic E-state index is 0.0183. The number of aliphatic imine (C=N–C) groups is 1. The van der Waals surface area contributed by atoms with Crippen LogP contribution in [0, 0.1) is 5.92 Å². The summed E-state index contributed by atoms with van der Waals surface area (Å²) in [6.45, 7) is 6.63. The molecule has 1 atom stereocenters. The highest BCUT2D eigenvalue weighted by molar-refractivity contribution is 5.92. The number of carbonyl (C=O) groups excluding carboxylic acids is 1. The van der Waals surface area contributed by atoms with Crippen LogP contribution in [0.1, 0.15) is 18.9 Å². The van der Waals surface area contributed by atoms with Crippen molar-refractivity contribution in [3.05, 3.63) is 29.8 Å². The van der Waals surface area contributed by atoms with E-state index in [1.807, 2.05) is 43.3 Å². The van der Waals surface area contributed by atoms with E-state index in [0.717, 1.165) is 49.9 Å². The molecule has 0 spiro atoms. The van der Waals surface area contributed by atoms with Crippen LogP contribution in [0.3, 0.4) is 0 Å². The van der Waals surface area contributed by atoms with Crippen molar-refractivity contribution in [3.63, 3.8) is 0 Å². The van der Waals surface area contributed by atoms with Gasteiger partial charge in [-0.05, 0) is 45.1 Å². The number of benzene rings is 1. The van der Waals surface area contributed by atoms with Gasteiger partial charge in [0, 0.05) is 38.3 Å². The molecule has 7 nitrogen and oxygen atoms in total. The van der Waals surface area contributed by atoms with E-state index < -0.39 is 0 Å². The Balaban J connectivity index is 1.99. The first-order chi connectivity index (χ1) is 13.0. The number of ether oxygens (including phenoxy) is 1. The molecule has 0 bridgehead atoms. The number of rotatable bonds is 8. The standard InChI is InChI=1S/C20H33N5O2/c1-5-21-20(25-10-9-17(13-25)15-27-4)22-12-16-7-6-8-18(11-16)23-19(26)14-24(2)3/h6-8,11,17H,5,9-10,12-15H2,1-4H3,(H,21,22)(H,23,26). The van der Waals surface area contributed by atoms with Crippen molar-refractivity contribution < 1.29 is 9.53 Å². The summed E-state index contributed by atoms with van der Waals surface area (Å²) in [7, 11) is 5.51. The molecule has 1 heterocycles. The summed E-state index contributed by atoms with van der Waals surface area (Å²) in [5.41, 5.74) is 1.88. The maximum Gasteiger partial charge on any atom is 0.238 e. The van der Waals surface area contributed by atoms with Crippen molar-refractivity contribution in [3.8, 4) is 0 Å². The molecule has 1 amide bonds. The molecule has 0 aromatic heterocycles. The van der Waals surface area contributed by atoms with E-state index in [9.17, 15) is 4.79 Å². The van der Waals surface area contributed by atoms with Crippen LogP contribution in [0.2, 0.25) is 0 Å². The molecule has 0 radical (unpaired) electrons. The lowest BCUT2D eigenvalue weighted by Gasteiger charge is -2.21. The third-order valence-electron chi connectivity index (χ3n) is 4.40. The van der Waals surface area contributed by atoms with Crippen LogP contribution in [-0.2, 0) is 16.1 Å². The highest BCUT2D eigenvalue weighted by Gasteiger charge is 2.24. The Kier molecular flexibility index (Phi) is 8.54. The van der Waals surface area contributed by atoms with Gasteiger partial charge in [-0.15, -0.1) is 0 Å². The molecule has 27 heavy (non-hydrogen) atoms. The van der Waals surface area contributed by atoms with E-state index in [1.54, 1.807) is 7.11 Å². The second-order valence-electron chi connectivity index (χ2n) is 7.21. The van der Waals surface area contributed by atoms with E-state index in [2.05, 4.69) is 22.5 Å². The van der Waals surface area contributed by atoms with Crippen LogP contribution in [0.15, 0.2) is 29.3 Å². The van der Waals surface area contributed by atoms with Crippen LogP contribution in [0.25, 0.3) is 0 Å². The molecular weight excluding hydrogens is 342 g/mol. The number of hydrogen-bond donors (Lipinski definition) is 2. The van der Waals surface area contributed by atoms with Crippen LogP contribution in [0.4, 0.5) is 5.69 Å². The number of guanidine groups is 1. The first-order valence-corrected chi connectivity index (χ1v) is 9.57. The van der Waals surface area contributed by atoms with Gasteiger partial charge < -0.3 is 25.2 Å². The predicted octanol–water partition coefficient (Wildman–Crippen LogP) is 1.62. The lowest BCUT2D eigenvalue weighted by molar-refractivity contribution is -0.116. The average Bonchev–Trinajstić information content (AvgIpc) is 3.07. The minimum Gasteiger partial charge on any atom is -0.384 e. The van der Waals surface area contributed by atoms with Crippen molar-refractivity contribution in [1.82, 2.24) is 15.1 Å². The van der Waals surface area contributed by atoms with Gasteiger partial charge in [0.15, 0.2) is 5.96 Å². The number of methoxy groups -OCH3 is 1. The van der Waals surface area contributed by atoms with E-state index in [0.29, 0.717) is 19.0 Å². The van der Waals surface area contributed by atoms with Gasteiger partial charge in [0.05, 0.1) is 19.7 Å². The molecule has 7 heteroatoms. The monoisotopic (exact) mass is 375 g/mol. The zero-order valence-electron chi connectivity index (χ0n) is 17.0. The molecule has 0 aliphatic carbocycles. The van der Waals surface area contributed by atoms with Crippen molar-refractivity contribution >= 4 is 17.6 Å². The molecule has 1 saturated heterocycles. The van der Waals surface area contributed by atoms with Crippen LogP contribution in [0.5, 0.6) is 0 Å². The summed E-state index contributed by atoms with van der Waals surface area (Å²) in [6, 6.07) is 7.88. The highest BCUT2D eigenvalue weighted by Crippen LogP contribution is 2.17. The minimum atomic E-state index is -0.0183. The molecule has 0 saturated carbocycles. The van der Waals surface area contributed by atoms with Crippen LogP contribution >= 0.6 is 0 Å². The third-order valence-corrected chi connectivity index (χ3v) is 4.40. The fraction of sp³-hybridized carbons (Fsp3) is 0.600. The normalized spacial score (nSPS) is 17.4. The average molecular weight is 376 g/mol. The Hall–Kier alpha value is -2.12. The van der Waals surface area contributed by atoms with Gasteiger partial charge in [0.2, 0.25) is 5.91 Å². The third kappa shape index (κ3) is 7.19. The molecule has 1 aliphatic heterocycles. The number of carbonyl (C=O) groups is 1. The van der Waals surface area contributed by atoms with Crippen molar-refractivity contribution in [2.75, 3.05) is 59.3 Å². The first kappa shape index (κ1) is 21.2. The summed E-state index contributed by atoms with van der Waals surface area (Å²) in [4.78, 5) is 20.9. The van der Waals surface area contributed by atoms with Gasteiger partial charge in [-0.1, -0.05) is 12.1 Å². The van der Waals surface area contributed by atoms with Gasteiger partial charge in [0.1, 0.15) is 0 Å². The topological polar surface area (TPSA) is 69.2 Å². The molecule has 1 aromatic rings. The van der Waals surface area contributed by atoms with Gasteiger partial charge >= 0.3 is 0 Å². The summed E-state index contributed by atoms with van der Waals surface area (Å²) in [5.74, 6) is 1.49. The van der Waals surface area contributed by atoms with Crippen LogP contribution < -0.4 is 10.6 Å². The molecule has 150 valence electrons. The number of nitrogens with zero attached hydrogens (tertiary/aromatic N) is 3. The van der Waals surface area contributed by atoms with Crippen molar-refractivity contribution in [1.29, 1.82) is 0 Å². The fourth-order valence-corrected chi connectivity index (χ4v) is 3.22. The first-order valence-electron chi connectivity index (χ1n) is 9.57. The maximum absolute atomic E-state index is 11.9. The lowest BCUT2D eigenvalue weighted by Crippen LogP contribution is -2.40. The zero-order valence-corrected chi connectivity index (χ0v) is 17.0. The summed E-state index contributed by atoms with van der Waals surface area (Å²) < 4.78 is 5.29. The van der Waals surface area contributed by atoms with Crippen molar-refractivity contribution in [2.24, 2.45) is 10.9 Å². The Morgan fingerprint density at radius 3 is 2.93 bits per heavy atom. The van der Waals surface area contributed by atoms with E-state index in [1.165, 1.54) is 0 Å². The fourth-order valence-electron chi connectivity index (χ4n) is 3.22. The quantitative estimate of drug-likeness (QED) is 0.534. The SMILES string of the molecule is CCNC(=NCc1cccc(NC(=O)CN(C)C)c1)N1CCC(COC)C1. The number of likely N-dealkylation sites (N-methyl/N-ethyl adjacent to an activating group) is 1. The molecule has 1 unspecified atom stereocenters. The van der Waals surface area contributed by atoms with Crippen LogP contribution in [-0.4, -0.2) is 75.7 Å². The van der Waals surface area contributed by atoms with Gasteiger partial charge in [-0.25, -0.2) is 4.99 Å². The van der Waals surface area contributed by atoms with E-state index in [4.69, 9.17) is 9.73 Å². The van der Waals surface area contributed by atoms with Gasteiger partial charge in [-0.2, -0.15) is 0 Å². The number of amides is 1. The number of likely N-dealkylation sites (tertiary alicyclic amines) is 1. The summed E-state index contributed by atoms with van der Waals surface area (Å²) in [5, 5.41) is 6.32. The van der Waals surface area contributed by atoms with Gasteiger partial charge in [0.25, 0.3) is 0 Å². The summed E-state index contributed by atoms with van der Waals surface area (Å²) >= 11 is 0. The lowest BCUT2D eigenvalue weighted by atomic mass is 10.1. The molecule has 1 fully saturated rings. The Morgan fingerprint density at radius 2 is 2.22 bits per heavy atom. The number of hydrogen-bond acceptors (Lipinski definition) is 4. The second kappa shape index (κ2) is 10.9. The number of nitrogens with one attached hydrogen (secondary N) is 2. The largest absolute Gasteiger partial charge is 0.384 e. The zero-order chi connectivity index (χ0) is 19.6. The molecule has 2 rings (SSSR count).